The first-order valence-corrected chi connectivity index (χ1v) is 6.67. The molecule has 1 aromatic heterocycles. The van der Waals surface area contributed by atoms with Crippen molar-refractivity contribution in [1.29, 1.82) is 0 Å². The second kappa shape index (κ2) is 5.25. The van der Waals surface area contributed by atoms with Crippen LogP contribution in [-0.2, 0) is 6.54 Å². The number of amides is 2. The maximum Gasteiger partial charge on any atom is 0.315 e. The molecule has 2 rings (SSSR count). The smallest absolute Gasteiger partial charge is 0.315 e. The molecule has 0 spiro atoms. The molecule has 2 amide bonds. The fraction of sp³-hybridized carbons (Fsp3) is 0.643. The molecule has 5 heteroatoms. The van der Waals surface area contributed by atoms with Crippen LogP contribution in [0.5, 0.6) is 0 Å². The quantitative estimate of drug-likeness (QED) is 0.761. The first-order valence-electron chi connectivity index (χ1n) is 6.67. The number of carbonyl (C=O) groups excluding carboxylic acids is 1. The Morgan fingerprint density at radius 2 is 2.21 bits per heavy atom. The number of aliphatic hydroxyl groups is 1. The molecule has 19 heavy (non-hydrogen) atoms. The van der Waals surface area contributed by atoms with E-state index in [1.807, 2.05) is 26.8 Å². The van der Waals surface area contributed by atoms with E-state index in [0.29, 0.717) is 12.5 Å². The summed E-state index contributed by atoms with van der Waals surface area (Å²) < 4.78 is 5.41. The molecule has 1 fully saturated rings. The topological polar surface area (TPSA) is 74.5 Å². The van der Waals surface area contributed by atoms with Crippen LogP contribution in [0.3, 0.4) is 0 Å². The molecule has 1 atom stereocenters. The monoisotopic (exact) mass is 266 g/mol. The van der Waals surface area contributed by atoms with Gasteiger partial charge < -0.3 is 20.2 Å². The molecule has 0 bridgehead atoms. The third-order valence-corrected chi connectivity index (χ3v) is 3.79. The second-order valence-electron chi connectivity index (χ2n) is 5.60. The van der Waals surface area contributed by atoms with Gasteiger partial charge in [0.05, 0.1) is 12.1 Å². The van der Waals surface area contributed by atoms with E-state index < -0.39 is 5.54 Å². The average Bonchev–Trinajstić information content (AvgIpc) is 3.14. The lowest BCUT2D eigenvalue weighted by atomic mass is 9.97. The van der Waals surface area contributed by atoms with Crippen molar-refractivity contribution in [3.63, 3.8) is 0 Å². The lowest BCUT2D eigenvalue weighted by Crippen LogP contribution is -2.53. The highest BCUT2D eigenvalue weighted by molar-refractivity contribution is 5.74. The number of furan rings is 1. The van der Waals surface area contributed by atoms with Gasteiger partial charge in [0.2, 0.25) is 0 Å². The van der Waals surface area contributed by atoms with Gasteiger partial charge in [-0.05, 0) is 45.6 Å². The van der Waals surface area contributed by atoms with Crippen molar-refractivity contribution in [2.24, 2.45) is 5.92 Å². The first-order chi connectivity index (χ1) is 8.94. The van der Waals surface area contributed by atoms with Crippen LogP contribution in [0.15, 0.2) is 10.5 Å². The molecule has 5 nitrogen and oxygen atoms in total. The minimum atomic E-state index is -0.508. The van der Waals surface area contributed by atoms with Crippen molar-refractivity contribution in [2.75, 3.05) is 6.61 Å². The van der Waals surface area contributed by atoms with Crippen molar-refractivity contribution < 1.29 is 14.3 Å². The molecule has 1 unspecified atom stereocenters. The van der Waals surface area contributed by atoms with Crippen LogP contribution in [0, 0.1) is 19.8 Å². The van der Waals surface area contributed by atoms with Crippen LogP contribution in [0.4, 0.5) is 4.79 Å². The van der Waals surface area contributed by atoms with E-state index >= 15 is 0 Å². The summed E-state index contributed by atoms with van der Waals surface area (Å²) in [6.45, 7) is 6.05. The Labute approximate surface area is 113 Å². The van der Waals surface area contributed by atoms with Gasteiger partial charge in [0.1, 0.15) is 11.5 Å². The Kier molecular flexibility index (Phi) is 3.85. The van der Waals surface area contributed by atoms with E-state index in [1.165, 1.54) is 0 Å². The summed E-state index contributed by atoms with van der Waals surface area (Å²) in [4.78, 5) is 11.9. The lowest BCUT2D eigenvalue weighted by Gasteiger charge is -2.28. The summed E-state index contributed by atoms with van der Waals surface area (Å²) in [5, 5.41) is 15.1. The fourth-order valence-electron chi connectivity index (χ4n) is 2.33. The fourth-order valence-corrected chi connectivity index (χ4v) is 2.33. The summed E-state index contributed by atoms with van der Waals surface area (Å²) in [6.07, 6.45) is 2.13. The van der Waals surface area contributed by atoms with E-state index in [4.69, 9.17) is 4.42 Å². The van der Waals surface area contributed by atoms with Crippen molar-refractivity contribution in [3.8, 4) is 0 Å². The molecule has 0 radical (unpaired) electrons. The Bertz CT molecular complexity index is 465. The maximum absolute atomic E-state index is 11.9. The maximum atomic E-state index is 11.9. The van der Waals surface area contributed by atoms with E-state index in [-0.39, 0.29) is 12.6 Å². The number of carbonyl (C=O) groups is 1. The Balaban J connectivity index is 1.86. The number of hydrogen-bond acceptors (Lipinski definition) is 3. The van der Waals surface area contributed by atoms with Gasteiger partial charge in [0.25, 0.3) is 0 Å². The summed E-state index contributed by atoms with van der Waals surface area (Å²) in [7, 11) is 0. The van der Waals surface area contributed by atoms with Crippen molar-refractivity contribution >= 4 is 6.03 Å². The molecule has 0 saturated heterocycles. The number of hydrogen-bond donors (Lipinski definition) is 3. The summed E-state index contributed by atoms with van der Waals surface area (Å²) >= 11 is 0. The molecule has 1 aliphatic rings. The molecule has 3 N–H and O–H groups in total. The van der Waals surface area contributed by atoms with Crippen molar-refractivity contribution in [2.45, 2.75) is 45.7 Å². The van der Waals surface area contributed by atoms with Crippen molar-refractivity contribution in [3.05, 3.63) is 23.2 Å². The summed E-state index contributed by atoms with van der Waals surface area (Å²) in [6, 6.07) is 1.67. The Morgan fingerprint density at radius 3 is 2.68 bits per heavy atom. The predicted octanol–water partition coefficient (Wildman–Crippen LogP) is 1.86. The Morgan fingerprint density at radius 1 is 1.53 bits per heavy atom. The predicted molar refractivity (Wildman–Crippen MR) is 71.8 cm³/mol. The van der Waals surface area contributed by atoms with E-state index in [0.717, 1.165) is 29.9 Å². The second-order valence-corrected chi connectivity index (χ2v) is 5.60. The first kappa shape index (κ1) is 13.9. The van der Waals surface area contributed by atoms with Crippen LogP contribution in [0.25, 0.3) is 0 Å². The summed E-state index contributed by atoms with van der Waals surface area (Å²) in [5.74, 6) is 2.05. The van der Waals surface area contributed by atoms with E-state index in [2.05, 4.69) is 10.6 Å². The molecule has 1 aromatic rings. The zero-order chi connectivity index (χ0) is 14.0. The van der Waals surface area contributed by atoms with Crippen molar-refractivity contribution in [1.82, 2.24) is 10.6 Å². The molecule has 1 aliphatic carbocycles. The van der Waals surface area contributed by atoms with E-state index in [9.17, 15) is 9.90 Å². The number of urea groups is 1. The highest BCUT2D eigenvalue weighted by Crippen LogP contribution is 2.39. The van der Waals surface area contributed by atoms with Crippen LogP contribution >= 0.6 is 0 Å². The Hall–Kier alpha value is -1.49. The SMILES string of the molecule is Cc1cc(CNC(=O)NC(C)(CO)C2CC2)c(C)o1. The highest BCUT2D eigenvalue weighted by Gasteiger charge is 2.42. The number of aryl methyl sites for hydroxylation is 2. The van der Waals surface area contributed by atoms with Gasteiger partial charge in [-0.2, -0.15) is 0 Å². The minimum Gasteiger partial charge on any atom is -0.466 e. The van der Waals surface area contributed by atoms with Gasteiger partial charge in [-0.3, -0.25) is 0 Å². The third-order valence-electron chi connectivity index (χ3n) is 3.79. The largest absolute Gasteiger partial charge is 0.466 e. The molecule has 0 aliphatic heterocycles. The summed E-state index contributed by atoms with van der Waals surface area (Å²) in [5.41, 5.74) is 0.468. The number of rotatable bonds is 5. The normalized spacial score (nSPS) is 17.9. The molecule has 1 heterocycles. The van der Waals surface area contributed by atoms with Gasteiger partial charge >= 0.3 is 6.03 Å². The van der Waals surface area contributed by atoms with Crippen LogP contribution in [-0.4, -0.2) is 23.3 Å². The van der Waals surface area contributed by atoms with Gasteiger partial charge in [0.15, 0.2) is 0 Å². The minimum absolute atomic E-state index is 0.0328. The zero-order valence-corrected chi connectivity index (χ0v) is 11.7. The average molecular weight is 266 g/mol. The molecule has 1 saturated carbocycles. The van der Waals surface area contributed by atoms with Crippen LogP contribution < -0.4 is 10.6 Å². The van der Waals surface area contributed by atoms with Gasteiger partial charge in [-0.15, -0.1) is 0 Å². The molecule has 106 valence electrons. The van der Waals surface area contributed by atoms with Gasteiger partial charge in [-0.1, -0.05) is 0 Å². The standard InChI is InChI=1S/C14H22N2O3/c1-9-6-11(10(2)19-9)7-15-13(18)16-14(3,8-17)12-4-5-12/h6,12,17H,4-5,7-8H2,1-3H3,(H2,15,16,18). The van der Waals surface area contributed by atoms with E-state index in [1.54, 1.807) is 0 Å². The molecular formula is C14H22N2O3. The lowest BCUT2D eigenvalue weighted by molar-refractivity contribution is 0.155. The van der Waals surface area contributed by atoms with Crippen LogP contribution in [0.1, 0.15) is 36.8 Å². The van der Waals surface area contributed by atoms with Gasteiger partial charge in [0, 0.05) is 12.1 Å². The number of aliphatic hydroxyl groups excluding tert-OH is 1. The van der Waals surface area contributed by atoms with Gasteiger partial charge in [-0.25, -0.2) is 4.79 Å². The highest BCUT2D eigenvalue weighted by atomic mass is 16.3. The third kappa shape index (κ3) is 3.29. The van der Waals surface area contributed by atoms with Crippen LogP contribution in [0.2, 0.25) is 0 Å². The zero-order valence-electron chi connectivity index (χ0n) is 11.7. The number of nitrogens with one attached hydrogen (secondary N) is 2. The molecule has 0 aromatic carbocycles. The molecular weight excluding hydrogens is 244 g/mol.